The molecule has 0 amide bonds. The third kappa shape index (κ3) is 5.78. The zero-order valence-electron chi connectivity index (χ0n) is 22.5. The van der Waals surface area contributed by atoms with Gasteiger partial charge in [-0.05, 0) is 14.1 Å². The summed E-state index contributed by atoms with van der Waals surface area (Å²) in [5.74, 6) is -37.2. The van der Waals surface area contributed by atoms with E-state index >= 15 is 17.6 Å². The molecule has 0 radical (unpaired) electrons. The SMILES string of the molecule is CC[Si](CC)(CC)CCCP(c1c(F)c(F)c(F)c(F)c1F)c1c(F)c(F)c(-c2c(F)c(F)c(F)c(F)c2F)c(F)c1F. The lowest BCUT2D eigenvalue weighted by Gasteiger charge is -2.29. The van der Waals surface area contributed by atoms with Crippen molar-refractivity contribution in [3.8, 4) is 11.1 Å². The van der Waals surface area contributed by atoms with Crippen molar-refractivity contribution in [2.45, 2.75) is 51.4 Å². The molecule has 3 aromatic rings. The lowest BCUT2D eigenvalue weighted by Crippen LogP contribution is -2.33. The van der Waals surface area contributed by atoms with Crippen LogP contribution in [0.25, 0.3) is 11.1 Å². The summed E-state index contributed by atoms with van der Waals surface area (Å²) in [6.45, 7) is 5.57. The van der Waals surface area contributed by atoms with Gasteiger partial charge >= 0.3 is 0 Å². The second-order valence-corrected chi connectivity index (χ2v) is 17.5. The zero-order valence-corrected chi connectivity index (χ0v) is 24.4. The van der Waals surface area contributed by atoms with E-state index in [4.69, 9.17) is 0 Å². The van der Waals surface area contributed by atoms with E-state index in [0.717, 1.165) is 0 Å². The van der Waals surface area contributed by atoms with Crippen LogP contribution in [0.5, 0.6) is 0 Å². The normalized spacial score (nSPS) is 12.8. The van der Waals surface area contributed by atoms with Crippen molar-refractivity contribution in [3.05, 3.63) is 81.4 Å². The van der Waals surface area contributed by atoms with Crippen molar-refractivity contribution in [2.24, 2.45) is 0 Å². The molecule has 0 N–H and O–H groups in total. The molecule has 43 heavy (non-hydrogen) atoms. The first-order valence-electron chi connectivity index (χ1n) is 12.7. The molecule has 3 aromatic carbocycles. The average Bonchev–Trinajstić information content (AvgIpc) is 2.99. The van der Waals surface area contributed by atoms with E-state index in [1.54, 1.807) is 0 Å². The molecule has 0 heterocycles. The van der Waals surface area contributed by atoms with Gasteiger partial charge in [-0.15, -0.1) is 0 Å². The largest absolute Gasteiger partial charge is 0.203 e. The van der Waals surface area contributed by atoms with Crippen LogP contribution >= 0.6 is 7.92 Å². The van der Waals surface area contributed by atoms with Gasteiger partial charge in [0.05, 0.1) is 29.8 Å². The summed E-state index contributed by atoms with van der Waals surface area (Å²) in [5, 5.41) is -3.62. The molecule has 0 nitrogen and oxygen atoms in total. The minimum atomic E-state index is -3.49. The standard InChI is InChI=1S/C27H21F14PSi/c1-4-43(5-2,6-3)9-7-8-42(27-24(40)20(36)19(35)21(37)25(27)41)26-22(38)14(30)11(15(31)23(26)39)10-12(28)16(32)18(34)17(33)13(10)29/h4-9H2,1-3H3. The Morgan fingerprint density at radius 3 is 0.977 bits per heavy atom. The molecule has 3 rings (SSSR count). The van der Waals surface area contributed by atoms with Crippen LogP contribution in [0.4, 0.5) is 61.5 Å². The maximum Gasteiger partial charge on any atom is 0.200 e. The summed E-state index contributed by atoms with van der Waals surface area (Å²) in [7, 11) is -5.57. The predicted molar refractivity (Wildman–Crippen MR) is 135 cm³/mol. The molecule has 0 aliphatic carbocycles. The molecule has 0 aromatic heterocycles. The highest BCUT2D eigenvalue weighted by Crippen LogP contribution is 2.44. The van der Waals surface area contributed by atoms with Gasteiger partial charge < -0.3 is 0 Å². The maximum absolute atomic E-state index is 15.5. The van der Waals surface area contributed by atoms with E-state index in [1.165, 1.54) is 0 Å². The Bertz CT molecular complexity index is 1480. The lowest BCUT2D eigenvalue weighted by molar-refractivity contribution is 0.379. The summed E-state index contributed by atoms with van der Waals surface area (Å²) in [5.41, 5.74) is -4.77. The maximum atomic E-state index is 15.5. The van der Waals surface area contributed by atoms with Crippen LogP contribution in [0, 0.1) is 81.4 Å². The first-order valence-corrected chi connectivity index (χ1v) is 17.1. The average molecular weight is 670 g/mol. The minimum absolute atomic E-state index is 0.144. The van der Waals surface area contributed by atoms with Crippen LogP contribution in [0.15, 0.2) is 0 Å². The van der Waals surface area contributed by atoms with Gasteiger partial charge in [0.1, 0.15) is 0 Å². The number of hydrogen-bond donors (Lipinski definition) is 0. The fraction of sp³-hybridized carbons (Fsp3) is 0.333. The molecule has 16 heteroatoms. The fourth-order valence-corrected chi connectivity index (χ4v) is 11.2. The van der Waals surface area contributed by atoms with E-state index in [9.17, 15) is 43.9 Å². The summed E-state index contributed by atoms with van der Waals surface area (Å²) in [4.78, 5) is 0. The first-order chi connectivity index (χ1) is 20.0. The Labute approximate surface area is 238 Å². The smallest absolute Gasteiger partial charge is 0.200 e. The van der Waals surface area contributed by atoms with Crippen molar-refractivity contribution >= 4 is 26.6 Å². The Balaban J connectivity index is 2.38. The van der Waals surface area contributed by atoms with E-state index in [2.05, 4.69) is 0 Å². The zero-order chi connectivity index (χ0) is 32.7. The summed E-state index contributed by atoms with van der Waals surface area (Å²) in [6.07, 6.45) is -0.897. The van der Waals surface area contributed by atoms with Crippen LogP contribution in [0.2, 0.25) is 24.2 Å². The van der Waals surface area contributed by atoms with E-state index in [0.29, 0.717) is 24.2 Å². The Morgan fingerprint density at radius 1 is 0.395 bits per heavy atom. The fourth-order valence-electron chi connectivity index (χ4n) is 4.96. The third-order valence-electron chi connectivity index (χ3n) is 7.77. The van der Waals surface area contributed by atoms with E-state index in [1.807, 2.05) is 20.8 Å². The van der Waals surface area contributed by atoms with Gasteiger partial charge in [-0.3, -0.25) is 0 Å². The van der Waals surface area contributed by atoms with Crippen LogP contribution in [0.3, 0.4) is 0 Å². The van der Waals surface area contributed by atoms with Crippen LogP contribution in [-0.2, 0) is 0 Å². The number of rotatable bonds is 10. The van der Waals surface area contributed by atoms with Gasteiger partial charge in [-0.1, -0.05) is 51.4 Å². The third-order valence-corrected chi connectivity index (χ3v) is 16.3. The van der Waals surface area contributed by atoms with Gasteiger partial charge in [0.25, 0.3) is 0 Å². The summed E-state index contributed by atoms with van der Waals surface area (Å²) in [6, 6.07) is 2.37. The quantitative estimate of drug-likeness (QED) is 0.0663. The van der Waals surface area contributed by atoms with Gasteiger partial charge in [0.2, 0.25) is 11.6 Å². The Morgan fingerprint density at radius 2 is 0.651 bits per heavy atom. The van der Waals surface area contributed by atoms with E-state index < -0.39 is 125 Å². The first kappa shape index (κ1) is 34.8. The van der Waals surface area contributed by atoms with Crippen molar-refractivity contribution in [3.63, 3.8) is 0 Å². The minimum Gasteiger partial charge on any atom is -0.203 e. The van der Waals surface area contributed by atoms with E-state index in [-0.39, 0.29) is 6.42 Å². The van der Waals surface area contributed by atoms with Crippen molar-refractivity contribution < 1.29 is 61.5 Å². The van der Waals surface area contributed by atoms with Crippen LogP contribution in [-0.4, -0.2) is 14.2 Å². The highest BCUT2D eigenvalue weighted by molar-refractivity contribution is 7.73. The number of benzene rings is 3. The second-order valence-electron chi connectivity index (χ2n) is 9.66. The molecule has 0 fully saturated rings. The molecule has 0 spiro atoms. The summed E-state index contributed by atoms with van der Waals surface area (Å²) < 4.78 is 203. The lowest BCUT2D eigenvalue weighted by atomic mass is 10.0. The van der Waals surface area contributed by atoms with Crippen molar-refractivity contribution in [1.29, 1.82) is 0 Å². The molecule has 0 aliphatic heterocycles. The van der Waals surface area contributed by atoms with Crippen molar-refractivity contribution in [2.75, 3.05) is 6.16 Å². The van der Waals surface area contributed by atoms with Crippen LogP contribution < -0.4 is 10.6 Å². The Hall–Kier alpha value is -2.67. The van der Waals surface area contributed by atoms with Gasteiger partial charge in [0, 0.05) is 0 Å². The van der Waals surface area contributed by atoms with Crippen molar-refractivity contribution in [1.82, 2.24) is 0 Å². The number of hydrogen-bond acceptors (Lipinski definition) is 0. The molecular weight excluding hydrogens is 649 g/mol. The molecule has 0 saturated carbocycles. The molecule has 1 unspecified atom stereocenters. The topological polar surface area (TPSA) is 0 Å². The number of halogens is 14. The Kier molecular flexibility index (Phi) is 10.6. The van der Waals surface area contributed by atoms with Gasteiger partial charge in [0.15, 0.2) is 69.8 Å². The molecule has 0 bridgehead atoms. The van der Waals surface area contributed by atoms with Gasteiger partial charge in [-0.25, -0.2) is 61.5 Å². The van der Waals surface area contributed by atoms with Crippen LogP contribution in [0.1, 0.15) is 27.2 Å². The van der Waals surface area contributed by atoms with Gasteiger partial charge in [-0.2, -0.15) is 0 Å². The molecule has 236 valence electrons. The predicted octanol–water partition coefficient (Wildman–Crippen LogP) is 9.63. The second kappa shape index (κ2) is 13.1. The monoisotopic (exact) mass is 670 g/mol. The molecule has 0 saturated heterocycles. The molecule has 1 atom stereocenters. The molecule has 0 aliphatic rings. The highest BCUT2D eigenvalue weighted by Gasteiger charge is 2.39. The summed E-state index contributed by atoms with van der Waals surface area (Å²) >= 11 is 0. The molecular formula is C27H21F14PSi. The highest BCUT2D eigenvalue weighted by atomic mass is 31.1.